The van der Waals surface area contributed by atoms with Crippen molar-refractivity contribution in [3.63, 3.8) is 0 Å². The molecule has 0 aromatic heterocycles. The number of allylic oxidation sites excluding steroid dienone is 1. The largest absolute Gasteiger partial charge is 0.328 e. The molecule has 0 aromatic carbocycles. The molecule has 0 aromatic rings. The van der Waals surface area contributed by atoms with Gasteiger partial charge in [0.15, 0.2) is 0 Å². The first-order chi connectivity index (χ1) is 5.54. The number of hydrogen-bond donors (Lipinski definition) is 1. The summed E-state index contributed by atoms with van der Waals surface area (Å²) in [6.07, 6.45) is 0.738. The Hall–Kier alpha value is -0.370. The molecule has 0 rings (SSSR count). The predicted octanol–water partition coefficient (Wildman–Crippen LogP) is 2.38. The topological polar surface area (TPSA) is 26.0 Å². The van der Waals surface area contributed by atoms with E-state index in [1.54, 1.807) is 6.08 Å². The molecule has 0 radical (unpaired) electrons. The summed E-state index contributed by atoms with van der Waals surface area (Å²) in [7, 11) is 0. The van der Waals surface area contributed by atoms with Crippen LogP contribution in [0.4, 0.5) is 4.39 Å². The van der Waals surface area contributed by atoms with Gasteiger partial charge in [-0.2, -0.15) is 0 Å². The van der Waals surface area contributed by atoms with Gasteiger partial charge in [0, 0.05) is 12.5 Å². The van der Waals surface area contributed by atoms with E-state index in [0.717, 1.165) is 0 Å². The average molecular weight is 173 g/mol. The van der Waals surface area contributed by atoms with Crippen molar-refractivity contribution in [3.05, 3.63) is 12.7 Å². The molecule has 0 fully saturated rings. The van der Waals surface area contributed by atoms with Crippen LogP contribution < -0.4 is 5.73 Å². The Morgan fingerprint density at radius 1 is 1.42 bits per heavy atom. The molecule has 72 valence electrons. The van der Waals surface area contributed by atoms with Crippen LogP contribution in [-0.4, -0.2) is 12.7 Å². The van der Waals surface area contributed by atoms with Crippen molar-refractivity contribution < 1.29 is 4.39 Å². The number of rotatable bonds is 5. The van der Waals surface area contributed by atoms with Crippen LogP contribution in [0.25, 0.3) is 0 Å². The number of nitrogens with two attached hydrogens (primary N) is 1. The van der Waals surface area contributed by atoms with Gasteiger partial charge in [-0.15, -0.1) is 6.58 Å². The highest BCUT2D eigenvalue weighted by Crippen LogP contribution is 2.25. The van der Waals surface area contributed by atoms with Gasteiger partial charge in [0.05, 0.1) is 0 Å². The molecule has 0 aliphatic carbocycles. The Bertz CT molecular complexity index is 134. The van der Waals surface area contributed by atoms with Crippen LogP contribution in [0.1, 0.15) is 20.8 Å². The fourth-order valence-electron chi connectivity index (χ4n) is 1.29. The fraction of sp³-hybridized carbons (Fsp3) is 0.800. The maximum Gasteiger partial charge on any atom is 0.119 e. The molecule has 0 heterocycles. The summed E-state index contributed by atoms with van der Waals surface area (Å²) in [5, 5.41) is 0. The van der Waals surface area contributed by atoms with Crippen LogP contribution in [0.15, 0.2) is 12.7 Å². The Morgan fingerprint density at radius 2 is 1.92 bits per heavy atom. The maximum absolute atomic E-state index is 13.2. The molecule has 1 unspecified atom stereocenters. The standard InChI is InChI=1S/C10H20FN/c1-5-9(10(11)6-12)8(4)7(2)3/h5,7-10H,1,6,12H2,2-4H3/t8-,9+,10?/m1/s1. The van der Waals surface area contributed by atoms with E-state index in [1.165, 1.54) is 0 Å². The van der Waals surface area contributed by atoms with E-state index in [-0.39, 0.29) is 12.5 Å². The van der Waals surface area contributed by atoms with Gasteiger partial charge in [-0.3, -0.25) is 0 Å². The second-order valence-corrected chi connectivity index (χ2v) is 3.67. The second-order valence-electron chi connectivity index (χ2n) is 3.67. The maximum atomic E-state index is 13.2. The first-order valence-electron chi connectivity index (χ1n) is 4.51. The molecule has 0 spiro atoms. The van der Waals surface area contributed by atoms with Crippen molar-refractivity contribution in [3.8, 4) is 0 Å². The van der Waals surface area contributed by atoms with Crippen LogP contribution in [0.3, 0.4) is 0 Å². The van der Waals surface area contributed by atoms with Gasteiger partial charge in [0.1, 0.15) is 6.17 Å². The highest BCUT2D eigenvalue weighted by atomic mass is 19.1. The van der Waals surface area contributed by atoms with Crippen molar-refractivity contribution in [2.75, 3.05) is 6.54 Å². The zero-order valence-electron chi connectivity index (χ0n) is 8.26. The van der Waals surface area contributed by atoms with Crippen LogP contribution in [0.2, 0.25) is 0 Å². The zero-order chi connectivity index (χ0) is 9.72. The third kappa shape index (κ3) is 2.94. The monoisotopic (exact) mass is 173 g/mol. The lowest BCUT2D eigenvalue weighted by Crippen LogP contribution is -2.30. The highest BCUT2D eigenvalue weighted by molar-refractivity contribution is 4.89. The Kier molecular flexibility index (Phi) is 5.14. The Labute approximate surface area is 74.8 Å². The van der Waals surface area contributed by atoms with E-state index in [9.17, 15) is 4.39 Å². The summed E-state index contributed by atoms with van der Waals surface area (Å²) in [5.41, 5.74) is 5.26. The van der Waals surface area contributed by atoms with E-state index in [2.05, 4.69) is 20.4 Å². The summed E-state index contributed by atoms with van der Waals surface area (Å²) in [6.45, 7) is 9.95. The lowest BCUT2D eigenvalue weighted by molar-refractivity contribution is 0.187. The minimum atomic E-state index is -0.945. The number of alkyl halides is 1. The summed E-state index contributed by atoms with van der Waals surface area (Å²) < 4.78 is 13.2. The van der Waals surface area contributed by atoms with E-state index in [1.807, 2.05) is 6.92 Å². The number of halogens is 1. The summed E-state index contributed by atoms with van der Waals surface area (Å²) >= 11 is 0. The molecule has 0 saturated carbocycles. The third-order valence-electron chi connectivity index (χ3n) is 2.57. The van der Waals surface area contributed by atoms with Gasteiger partial charge >= 0.3 is 0 Å². The molecular formula is C10H20FN. The third-order valence-corrected chi connectivity index (χ3v) is 2.57. The van der Waals surface area contributed by atoms with Gasteiger partial charge in [-0.05, 0) is 11.8 Å². The van der Waals surface area contributed by atoms with Gasteiger partial charge in [-0.1, -0.05) is 26.8 Å². The molecule has 0 aliphatic heterocycles. The number of hydrogen-bond acceptors (Lipinski definition) is 1. The van der Waals surface area contributed by atoms with Gasteiger partial charge in [0.25, 0.3) is 0 Å². The van der Waals surface area contributed by atoms with Crippen LogP contribution in [-0.2, 0) is 0 Å². The molecule has 1 nitrogen and oxygen atoms in total. The van der Waals surface area contributed by atoms with Gasteiger partial charge in [-0.25, -0.2) is 4.39 Å². The minimum absolute atomic E-state index is 0.0910. The molecular weight excluding hydrogens is 153 g/mol. The Balaban J connectivity index is 4.23. The smallest absolute Gasteiger partial charge is 0.119 e. The molecule has 0 saturated heterocycles. The van der Waals surface area contributed by atoms with Gasteiger partial charge in [0.2, 0.25) is 0 Å². The normalized spacial score (nSPS) is 18.8. The quantitative estimate of drug-likeness (QED) is 0.635. The first-order valence-corrected chi connectivity index (χ1v) is 4.51. The van der Waals surface area contributed by atoms with E-state index in [4.69, 9.17) is 5.73 Å². The van der Waals surface area contributed by atoms with Crippen molar-refractivity contribution in [2.24, 2.45) is 23.5 Å². The molecule has 2 heteroatoms. The van der Waals surface area contributed by atoms with Gasteiger partial charge < -0.3 is 5.73 Å². The fourth-order valence-corrected chi connectivity index (χ4v) is 1.29. The first kappa shape index (κ1) is 11.6. The van der Waals surface area contributed by atoms with Crippen molar-refractivity contribution in [2.45, 2.75) is 26.9 Å². The molecule has 0 aliphatic rings. The SMILES string of the molecule is C=C[C@H](C(F)CN)[C@H](C)C(C)C. The second kappa shape index (κ2) is 5.31. The van der Waals surface area contributed by atoms with E-state index < -0.39 is 6.17 Å². The van der Waals surface area contributed by atoms with Crippen LogP contribution in [0, 0.1) is 17.8 Å². The highest BCUT2D eigenvalue weighted by Gasteiger charge is 2.24. The molecule has 12 heavy (non-hydrogen) atoms. The van der Waals surface area contributed by atoms with Crippen molar-refractivity contribution >= 4 is 0 Å². The Morgan fingerprint density at radius 3 is 2.17 bits per heavy atom. The van der Waals surface area contributed by atoms with E-state index in [0.29, 0.717) is 11.8 Å². The average Bonchev–Trinajstić information content (AvgIpc) is 2.05. The van der Waals surface area contributed by atoms with Crippen LogP contribution in [0.5, 0.6) is 0 Å². The molecule has 3 atom stereocenters. The summed E-state index contributed by atoms with van der Waals surface area (Å²) in [4.78, 5) is 0. The lowest BCUT2D eigenvalue weighted by Gasteiger charge is -2.26. The van der Waals surface area contributed by atoms with Crippen molar-refractivity contribution in [1.82, 2.24) is 0 Å². The predicted molar refractivity (Wildman–Crippen MR) is 51.6 cm³/mol. The van der Waals surface area contributed by atoms with Crippen LogP contribution >= 0.6 is 0 Å². The zero-order valence-corrected chi connectivity index (χ0v) is 8.26. The molecule has 2 N–H and O–H groups in total. The van der Waals surface area contributed by atoms with E-state index >= 15 is 0 Å². The minimum Gasteiger partial charge on any atom is -0.328 e. The lowest BCUT2D eigenvalue weighted by atomic mass is 9.82. The molecule has 0 bridgehead atoms. The summed E-state index contributed by atoms with van der Waals surface area (Å²) in [6, 6.07) is 0. The van der Waals surface area contributed by atoms with Crippen molar-refractivity contribution in [1.29, 1.82) is 0 Å². The summed E-state index contributed by atoms with van der Waals surface area (Å²) in [5.74, 6) is 0.675. The molecule has 0 amide bonds.